The average molecular weight is 1490 g/mol. The van der Waals surface area contributed by atoms with Gasteiger partial charge in [0.05, 0.1) is 26.4 Å². The maximum atomic E-state index is 13.1. The first kappa shape index (κ1) is 97.6. The van der Waals surface area contributed by atoms with Gasteiger partial charge >= 0.3 is 39.5 Å². The summed E-state index contributed by atoms with van der Waals surface area (Å²) in [6, 6.07) is 0. The molecule has 0 aromatic carbocycles. The first-order valence-corrected chi connectivity index (χ1v) is 41.3. The average Bonchev–Trinajstić information content (AvgIpc) is 0.926. The number of rotatable bonds is 69. The van der Waals surface area contributed by atoms with E-state index in [1.807, 2.05) is 18.2 Å². The summed E-state index contributed by atoms with van der Waals surface area (Å²) in [5.74, 6) is -2.40. The van der Waals surface area contributed by atoms with Gasteiger partial charge in [-0.15, -0.1) is 0 Å². The van der Waals surface area contributed by atoms with E-state index >= 15 is 0 Å². The summed E-state index contributed by atoms with van der Waals surface area (Å²) in [5.41, 5.74) is 0. The lowest BCUT2D eigenvalue weighted by Crippen LogP contribution is -2.30. The van der Waals surface area contributed by atoms with E-state index in [0.717, 1.165) is 154 Å². The topological polar surface area (TPSA) is 237 Å². The van der Waals surface area contributed by atoms with Crippen molar-refractivity contribution in [1.29, 1.82) is 0 Å². The quantitative estimate of drug-likeness (QED) is 0.0169. The van der Waals surface area contributed by atoms with E-state index in [2.05, 4.69) is 216 Å². The van der Waals surface area contributed by atoms with Crippen LogP contribution in [0.15, 0.2) is 207 Å². The van der Waals surface area contributed by atoms with Gasteiger partial charge < -0.3 is 33.8 Å². The molecule has 0 aliphatic heterocycles. The maximum absolute atomic E-state index is 13.1. The Bertz CT molecular complexity index is 2790. The molecule has 5 atom stereocenters. The smallest absolute Gasteiger partial charge is 0.462 e. The molecule has 0 saturated heterocycles. The summed E-state index contributed by atoms with van der Waals surface area (Å²) in [6.45, 7) is 4.17. The molecule has 0 aromatic rings. The maximum Gasteiger partial charge on any atom is 0.472 e. The third kappa shape index (κ3) is 73.9. The van der Waals surface area contributed by atoms with Crippen molar-refractivity contribution in [1.82, 2.24) is 0 Å². The molecule has 0 aromatic heterocycles. The van der Waals surface area contributed by atoms with Crippen molar-refractivity contribution in [2.24, 2.45) is 0 Å². The highest BCUT2D eigenvalue weighted by Crippen LogP contribution is 2.45. The first-order valence-electron chi connectivity index (χ1n) is 38.3. The van der Waals surface area contributed by atoms with Gasteiger partial charge in [0.2, 0.25) is 0 Å². The van der Waals surface area contributed by atoms with E-state index < -0.39 is 97.5 Å². The van der Waals surface area contributed by atoms with Crippen molar-refractivity contribution in [3.8, 4) is 0 Å². The van der Waals surface area contributed by atoms with E-state index in [1.165, 1.54) is 0 Å². The number of phosphoric ester groups is 2. The lowest BCUT2D eigenvalue weighted by atomic mass is 10.1. The fraction of sp³-hybridized carbons (Fsp3) is 0.553. The number of carbonyl (C=O) groups excluding carboxylic acids is 4. The highest BCUT2D eigenvalue weighted by atomic mass is 31.2. The standard InChI is InChI=1S/C85H132O17P2/c1-5-9-13-17-21-25-29-33-37-39-43-46-50-54-58-62-66-70-83(88)96-76-81(102-85(90)72-68-64-60-56-52-48-44-40-38-34-30-26-22-18-14-10-6-2)78-100-104(93,94)98-74-79(86)73-97-103(91,92)99-77-80(101-84(89)71-67-63-59-55-51-47-42-36-32-28-24-20-16-12-8-4)75-95-82(87)69-65-61-57-53-49-45-41-35-31-27-23-19-15-11-7-3/h9-16,21-28,33-38,41-44,46,48-49,51,53-55,58,79-81,86H,5-8,17-20,29-32,39-40,45,47,50,52,56-57,59-78H2,1-4H3,(H,91,92)(H,93,94)/b13-9-,14-10-,15-11-,16-12-,25-21-,26-22-,27-23-,28-24-,37-33-,38-34-,41-35-,42-36-,46-43-,48-44-,53-49-,55-51-,58-54-. The summed E-state index contributed by atoms with van der Waals surface area (Å²) in [5, 5.41) is 10.6. The second kappa shape index (κ2) is 74.9. The Morgan fingerprint density at radius 2 is 0.481 bits per heavy atom. The summed E-state index contributed by atoms with van der Waals surface area (Å²) in [6.07, 6.45) is 92.6. The largest absolute Gasteiger partial charge is 0.472 e. The number of allylic oxidation sites excluding steroid dienone is 34. The lowest BCUT2D eigenvalue weighted by molar-refractivity contribution is -0.161. The van der Waals surface area contributed by atoms with Crippen molar-refractivity contribution in [3.05, 3.63) is 207 Å². The third-order valence-corrected chi connectivity index (χ3v) is 16.6. The fourth-order valence-electron chi connectivity index (χ4n) is 9.05. The molecule has 0 aliphatic carbocycles. The zero-order valence-corrected chi connectivity index (χ0v) is 65.4. The van der Waals surface area contributed by atoms with E-state index in [9.17, 15) is 43.2 Å². The highest BCUT2D eigenvalue weighted by molar-refractivity contribution is 7.47. The van der Waals surface area contributed by atoms with Crippen LogP contribution in [-0.2, 0) is 65.4 Å². The van der Waals surface area contributed by atoms with Crippen LogP contribution in [0.5, 0.6) is 0 Å². The van der Waals surface area contributed by atoms with Gasteiger partial charge in [0.1, 0.15) is 19.3 Å². The molecule has 0 heterocycles. The molecule has 3 N–H and O–H groups in total. The van der Waals surface area contributed by atoms with E-state index in [4.69, 9.17) is 37.0 Å². The van der Waals surface area contributed by atoms with Crippen LogP contribution in [0.25, 0.3) is 0 Å². The predicted molar refractivity (Wildman–Crippen MR) is 426 cm³/mol. The molecule has 0 spiro atoms. The fourth-order valence-corrected chi connectivity index (χ4v) is 10.6. The molecule has 0 amide bonds. The van der Waals surface area contributed by atoms with Crippen molar-refractivity contribution < 1.29 is 80.2 Å². The normalized spacial score (nSPS) is 15.0. The molecule has 5 unspecified atom stereocenters. The summed E-state index contributed by atoms with van der Waals surface area (Å²) >= 11 is 0. The molecular formula is C85H132O17P2. The van der Waals surface area contributed by atoms with E-state index in [1.54, 1.807) is 0 Å². The monoisotopic (exact) mass is 1490 g/mol. The van der Waals surface area contributed by atoms with E-state index in [-0.39, 0.29) is 25.7 Å². The van der Waals surface area contributed by atoms with Crippen LogP contribution in [0, 0.1) is 0 Å². The van der Waals surface area contributed by atoms with Crippen molar-refractivity contribution in [2.45, 2.75) is 264 Å². The van der Waals surface area contributed by atoms with Gasteiger partial charge in [-0.1, -0.05) is 247 Å². The second-order valence-corrected chi connectivity index (χ2v) is 27.3. The summed E-state index contributed by atoms with van der Waals surface area (Å²) in [7, 11) is -10.0. The van der Waals surface area contributed by atoms with Crippen molar-refractivity contribution in [3.63, 3.8) is 0 Å². The number of esters is 4. The number of aliphatic hydroxyl groups excluding tert-OH is 1. The van der Waals surface area contributed by atoms with Gasteiger partial charge in [0, 0.05) is 25.7 Å². The molecular weight excluding hydrogens is 1350 g/mol. The molecule has 584 valence electrons. The number of carbonyl (C=O) groups is 4. The molecule has 0 bridgehead atoms. The highest BCUT2D eigenvalue weighted by Gasteiger charge is 2.30. The van der Waals surface area contributed by atoms with Gasteiger partial charge in [0.25, 0.3) is 0 Å². The van der Waals surface area contributed by atoms with Crippen LogP contribution in [0.4, 0.5) is 0 Å². The minimum absolute atomic E-state index is 0.0227. The van der Waals surface area contributed by atoms with E-state index in [0.29, 0.717) is 38.5 Å². The molecule has 0 radical (unpaired) electrons. The number of aliphatic hydroxyl groups is 1. The first-order chi connectivity index (χ1) is 50.7. The van der Waals surface area contributed by atoms with Gasteiger partial charge in [-0.05, 0) is 180 Å². The molecule has 0 fully saturated rings. The molecule has 0 aliphatic rings. The predicted octanol–water partition coefficient (Wildman–Crippen LogP) is 22.3. The Morgan fingerprint density at radius 1 is 0.269 bits per heavy atom. The number of ether oxygens (including phenoxy) is 4. The Morgan fingerprint density at radius 3 is 0.769 bits per heavy atom. The number of hydrogen-bond acceptors (Lipinski definition) is 15. The molecule has 104 heavy (non-hydrogen) atoms. The van der Waals surface area contributed by atoms with Gasteiger partial charge in [-0.25, -0.2) is 9.13 Å². The zero-order chi connectivity index (χ0) is 76.0. The Balaban J connectivity index is 5.54. The number of unbranched alkanes of at least 4 members (excludes halogenated alkanes) is 9. The zero-order valence-electron chi connectivity index (χ0n) is 63.6. The summed E-state index contributed by atoms with van der Waals surface area (Å²) in [4.78, 5) is 72.9. The third-order valence-electron chi connectivity index (χ3n) is 14.7. The SMILES string of the molecule is CC/C=C\C/C=C\C/C=C\C/C=C\C/C=C\CCCC(=O)OCC(COP(=O)(O)OCC(O)COP(=O)(O)OCC(COC(=O)CCCC/C=C\C/C=C\C/C=C\C/C=C\CC)OC(=O)CCCC/C=C\C/C=C\C/C=C\C/C=C\CC)OC(=O)CCCCCC/C=C\C/C=C\C/C=C\C/C=C\CC. The lowest BCUT2D eigenvalue weighted by Gasteiger charge is -2.21. The molecule has 0 rings (SSSR count). The van der Waals surface area contributed by atoms with Crippen molar-refractivity contribution in [2.75, 3.05) is 39.6 Å². The van der Waals surface area contributed by atoms with Crippen LogP contribution < -0.4 is 0 Å². The summed E-state index contributed by atoms with van der Waals surface area (Å²) < 4.78 is 68.4. The molecule has 19 heteroatoms. The Labute approximate surface area is 627 Å². The molecule has 17 nitrogen and oxygen atoms in total. The second-order valence-electron chi connectivity index (χ2n) is 24.4. The van der Waals surface area contributed by atoms with Crippen LogP contribution in [0.3, 0.4) is 0 Å². The minimum Gasteiger partial charge on any atom is -0.462 e. The van der Waals surface area contributed by atoms with Crippen molar-refractivity contribution >= 4 is 39.5 Å². The van der Waals surface area contributed by atoms with Crippen LogP contribution >= 0.6 is 15.6 Å². The minimum atomic E-state index is -5.01. The Kier molecular flexibility index (Phi) is 70.3. The van der Waals surface area contributed by atoms with Crippen LogP contribution in [-0.4, -0.2) is 96.7 Å². The Hall–Kier alpha value is -6.36. The van der Waals surface area contributed by atoms with Crippen LogP contribution in [0.2, 0.25) is 0 Å². The number of hydrogen-bond donors (Lipinski definition) is 3. The number of phosphoric acid groups is 2. The molecule has 0 saturated carbocycles. The van der Waals surface area contributed by atoms with Gasteiger partial charge in [-0.3, -0.25) is 37.3 Å². The van der Waals surface area contributed by atoms with Crippen LogP contribution in [0.1, 0.15) is 246 Å². The van der Waals surface area contributed by atoms with Gasteiger partial charge in [-0.2, -0.15) is 0 Å². The van der Waals surface area contributed by atoms with Gasteiger partial charge in [0.15, 0.2) is 12.2 Å².